The Hall–Kier alpha value is -1.56. The Balaban J connectivity index is 2.96. The minimum atomic E-state index is -1.26. The number of rotatable bonds is 4. The number of carboxylic acids is 1. The average molecular weight is 343 g/mol. The summed E-state index contributed by atoms with van der Waals surface area (Å²) in [6.45, 7) is 6.94. The van der Waals surface area contributed by atoms with Gasteiger partial charge in [-0.05, 0) is 51.5 Å². The minimum Gasteiger partial charge on any atom is -0.480 e. The largest absolute Gasteiger partial charge is 0.480 e. The molecule has 0 bridgehead atoms. The fourth-order valence-corrected chi connectivity index (χ4v) is 2.33. The number of nitrogens with one attached hydrogen (secondary N) is 1. The van der Waals surface area contributed by atoms with Crippen molar-refractivity contribution in [1.82, 2.24) is 4.90 Å². The number of nitrogens with zero attached hydrogens (tertiary/aromatic N) is 1. The van der Waals surface area contributed by atoms with Gasteiger partial charge in [0.2, 0.25) is 0 Å². The van der Waals surface area contributed by atoms with Gasteiger partial charge < -0.3 is 15.3 Å². The van der Waals surface area contributed by atoms with E-state index in [0.717, 1.165) is 10.0 Å². The predicted octanol–water partition coefficient (Wildman–Crippen LogP) is 3.47. The number of hydrogen-bond acceptors (Lipinski definition) is 2. The van der Waals surface area contributed by atoms with Crippen molar-refractivity contribution < 1.29 is 14.7 Å². The molecule has 1 aromatic carbocycles. The third-order valence-electron chi connectivity index (χ3n) is 3.19. The van der Waals surface area contributed by atoms with Crippen LogP contribution in [0.4, 0.5) is 10.5 Å². The third kappa shape index (κ3) is 3.50. The van der Waals surface area contributed by atoms with E-state index in [1.807, 2.05) is 19.1 Å². The topological polar surface area (TPSA) is 69.6 Å². The fourth-order valence-electron chi connectivity index (χ4n) is 1.86. The minimum absolute atomic E-state index is 0.306. The normalized spacial score (nSPS) is 11.1. The standard InChI is InChI=1S/C14H19BrN2O3/c1-5-17(14(3,4)12(18)19)13(20)16-11-7-6-10(15)8-9(11)2/h6-8H,5H2,1-4H3,(H,16,20)(H,18,19). The van der Waals surface area contributed by atoms with Crippen molar-refractivity contribution in [3.05, 3.63) is 28.2 Å². The number of amides is 2. The Bertz CT molecular complexity index is 529. The van der Waals surface area contributed by atoms with Gasteiger partial charge in [0, 0.05) is 16.7 Å². The van der Waals surface area contributed by atoms with Gasteiger partial charge in [0.15, 0.2) is 0 Å². The van der Waals surface area contributed by atoms with Gasteiger partial charge >= 0.3 is 12.0 Å². The van der Waals surface area contributed by atoms with Crippen molar-refractivity contribution >= 4 is 33.6 Å². The summed E-state index contributed by atoms with van der Waals surface area (Å²) in [5.41, 5.74) is 0.303. The van der Waals surface area contributed by atoms with E-state index in [9.17, 15) is 14.7 Å². The lowest BCUT2D eigenvalue weighted by Crippen LogP contribution is -2.54. The zero-order valence-electron chi connectivity index (χ0n) is 12.0. The van der Waals surface area contributed by atoms with Crippen molar-refractivity contribution in [3.63, 3.8) is 0 Å². The van der Waals surface area contributed by atoms with Crippen molar-refractivity contribution in [2.45, 2.75) is 33.2 Å². The Morgan fingerprint density at radius 1 is 1.40 bits per heavy atom. The second kappa shape index (κ2) is 6.26. The van der Waals surface area contributed by atoms with Crippen LogP contribution in [0.3, 0.4) is 0 Å². The maximum absolute atomic E-state index is 12.3. The number of halogens is 1. The van der Waals surface area contributed by atoms with Crippen LogP contribution < -0.4 is 5.32 Å². The molecule has 0 saturated carbocycles. The van der Waals surface area contributed by atoms with E-state index in [-0.39, 0.29) is 0 Å². The first-order chi connectivity index (χ1) is 9.20. The Kier molecular flexibility index (Phi) is 5.16. The van der Waals surface area contributed by atoms with E-state index in [2.05, 4.69) is 21.2 Å². The maximum atomic E-state index is 12.3. The first-order valence-corrected chi connectivity index (χ1v) is 7.07. The van der Waals surface area contributed by atoms with Crippen LogP contribution in [0.25, 0.3) is 0 Å². The molecule has 20 heavy (non-hydrogen) atoms. The summed E-state index contributed by atoms with van der Waals surface area (Å²) < 4.78 is 0.922. The quantitative estimate of drug-likeness (QED) is 0.879. The summed E-state index contributed by atoms with van der Waals surface area (Å²) in [6.07, 6.45) is 0. The molecule has 0 aliphatic carbocycles. The van der Waals surface area contributed by atoms with E-state index in [1.165, 1.54) is 18.7 Å². The molecule has 0 radical (unpaired) electrons. The number of anilines is 1. The molecule has 0 saturated heterocycles. The maximum Gasteiger partial charge on any atom is 0.329 e. The van der Waals surface area contributed by atoms with E-state index in [1.54, 1.807) is 13.0 Å². The van der Waals surface area contributed by atoms with E-state index >= 15 is 0 Å². The lowest BCUT2D eigenvalue weighted by Gasteiger charge is -2.34. The summed E-state index contributed by atoms with van der Waals surface area (Å²) in [7, 11) is 0. The number of benzene rings is 1. The molecule has 2 N–H and O–H groups in total. The number of carbonyl (C=O) groups is 2. The Labute approximate surface area is 127 Å². The molecular formula is C14H19BrN2O3. The molecule has 0 aromatic heterocycles. The van der Waals surface area contributed by atoms with Crippen LogP contribution in [-0.2, 0) is 4.79 Å². The van der Waals surface area contributed by atoms with Crippen molar-refractivity contribution in [2.24, 2.45) is 0 Å². The number of likely N-dealkylation sites (N-methyl/N-ethyl adjacent to an activating group) is 1. The molecule has 0 aliphatic heterocycles. The van der Waals surface area contributed by atoms with Gasteiger partial charge in [-0.1, -0.05) is 15.9 Å². The summed E-state index contributed by atoms with van der Waals surface area (Å²) >= 11 is 3.36. The monoisotopic (exact) mass is 342 g/mol. The molecule has 1 aromatic rings. The zero-order valence-corrected chi connectivity index (χ0v) is 13.6. The van der Waals surface area contributed by atoms with E-state index in [4.69, 9.17) is 0 Å². The molecule has 1 rings (SSSR count). The molecule has 0 spiro atoms. The molecule has 6 heteroatoms. The lowest BCUT2D eigenvalue weighted by atomic mass is 10.0. The Morgan fingerprint density at radius 2 is 2.00 bits per heavy atom. The molecule has 2 amide bonds. The molecule has 0 aliphatic rings. The van der Waals surface area contributed by atoms with Crippen molar-refractivity contribution in [2.75, 3.05) is 11.9 Å². The Morgan fingerprint density at radius 3 is 2.45 bits per heavy atom. The number of aryl methyl sites for hydroxylation is 1. The van der Waals surface area contributed by atoms with Crippen LogP contribution in [0.2, 0.25) is 0 Å². The molecule has 0 fully saturated rings. The van der Waals surface area contributed by atoms with Crippen LogP contribution in [-0.4, -0.2) is 34.1 Å². The van der Waals surface area contributed by atoms with Crippen LogP contribution in [0.1, 0.15) is 26.3 Å². The highest BCUT2D eigenvalue weighted by atomic mass is 79.9. The van der Waals surface area contributed by atoms with Gasteiger partial charge in [0.05, 0.1) is 0 Å². The first kappa shape index (κ1) is 16.5. The van der Waals surface area contributed by atoms with Crippen LogP contribution in [0.15, 0.2) is 22.7 Å². The van der Waals surface area contributed by atoms with Crippen molar-refractivity contribution in [1.29, 1.82) is 0 Å². The van der Waals surface area contributed by atoms with Crippen LogP contribution >= 0.6 is 15.9 Å². The van der Waals surface area contributed by atoms with Crippen molar-refractivity contribution in [3.8, 4) is 0 Å². The summed E-state index contributed by atoms with van der Waals surface area (Å²) in [5.74, 6) is -1.04. The summed E-state index contributed by atoms with van der Waals surface area (Å²) in [5, 5.41) is 12.0. The number of aliphatic carboxylic acids is 1. The summed E-state index contributed by atoms with van der Waals surface area (Å²) in [4.78, 5) is 24.8. The van der Waals surface area contributed by atoms with Gasteiger partial charge in [-0.3, -0.25) is 0 Å². The fraction of sp³-hybridized carbons (Fsp3) is 0.429. The van der Waals surface area contributed by atoms with Gasteiger partial charge in [-0.2, -0.15) is 0 Å². The molecule has 110 valence electrons. The molecular weight excluding hydrogens is 324 g/mol. The number of carboxylic acid groups (broad SMARTS) is 1. The highest BCUT2D eigenvalue weighted by Gasteiger charge is 2.37. The SMILES string of the molecule is CCN(C(=O)Nc1ccc(Br)cc1C)C(C)(C)C(=O)O. The van der Waals surface area contributed by atoms with E-state index < -0.39 is 17.5 Å². The molecule has 0 atom stereocenters. The van der Waals surface area contributed by atoms with Gasteiger partial charge in [0.25, 0.3) is 0 Å². The second-order valence-corrected chi connectivity index (χ2v) is 5.91. The lowest BCUT2D eigenvalue weighted by molar-refractivity contribution is -0.147. The zero-order chi connectivity index (χ0) is 15.5. The summed E-state index contributed by atoms with van der Waals surface area (Å²) in [6, 6.07) is 5.05. The smallest absolute Gasteiger partial charge is 0.329 e. The molecule has 0 unspecified atom stereocenters. The van der Waals surface area contributed by atoms with Gasteiger partial charge in [0.1, 0.15) is 5.54 Å². The number of urea groups is 1. The predicted molar refractivity (Wildman–Crippen MR) is 82.0 cm³/mol. The average Bonchev–Trinajstić information content (AvgIpc) is 2.33. The highest BCUT2D eigenvalue weighted by Crippen LogP contribution is 2.22. The van der Waals surface area contributed by atoms with E-state index in [0.29, 0.717) is 12.2 Å². The third-order valence-corrected chi connectivity index (χ3v) is 3.68. The number of hydrogen-bond donors (Lipinski definition) is 2. The van der Waals surface area contributed by atoms with Crippen LogP contribution in [0.5, 0.6) is 0 Å². The van der Waals surface area contributed by atoms with Gasteiger partial charge in [-0.15, -0.1) is 0 Å². The molecule has 0 heterocycles. The second-order valence-electron chi connectivity index (χ2n) is 5.00. The first-order valence-electron chi connectivity index (χ1n) is 6.28. The molecule has 5 nitrogen and oxygen atoms in total. The highest BCUT2D eigenvalue weighted by molar-refractivity contribution is 9.10. The van der Waals surface area contributed by atoms with Gasteiger partial charge in [-0.25, -0.2) is 9.59 Å². The number of carbonyl (C=O) groups excluding carboxylic acids is 1. The van der Waals surface area contributed by atoms with Crippen LogP contribution in [0, 0.1) is 6.92 Å².